The molecule has 1 aliphatic rings. The molecule has 1 aliphatic carbocycles. The molecule has 1 heterocycles. The molecule has 5 nitrogen and oxygen atoms in total. The SMILES string of the molecule is CCCc1cc(OCc2ccccc2F)n(CC2CCCC2)n1.O=C(O)C(F)(F)F. The highest BCUT2D eigenvalue weighted by Crippen LogP contribution is 2.28. The van der Waals surface area contributed by atoms with Crippen LogP contribution in [0.15, 0.2) is 30.3 Å². The van der Waals surface area contributed by atoms with E-state index in [1.54, 1.807) is 12.1 Å². The van der Waals surface area contributed by atoms with Gasteiger partial charge < -0.3 is 9.84 Å². The molecule has 166 valence electrons. The first-order chi connectivity index (χ1) is 14.2. The third-order valence-corrected chi connectivity index (χ3v) is 4.78. The van der Waals surface area contributed by atoms with Crippen LogP contribution in [0, 0.1) is 11.7 Å². The maximum absolute atomic E-state index is 13.7. The van der Waals surface area contributed by atoms with Gasteiger partial charge in [0.15, 0.2) is 0 Å². The van der Waals surface area contributed by atoms with Crippen molar-refractivity contribution < 1.29 is 32.2 Å². The largest absolute Gasteiger partial charge is 0.490 e. The van der Waals surface area contributed by atoms with E-state index >= 15 is 0 Å². The summed E-state index contributed by atoms with van der Waals surface area (Å²) < 4.78 is 53.4. The van der Waals surface area contributed by atoms with E-state index in [9.17, 15) is 17.6 Å². The van der Waals surface area contributed by atoms with Crippen LogP contribution in [0.1, 0.15) is 50.3 Å². The average Bonchev–Trinajstić information content (AvgIpc) is 3.31. The molecule has 0 aliphatic heterocycles. The highest BCUT2D eigenvalue weighted by molar-refractivity contribution is 5.73. The lowest BCUT2D eigenvalue weighted by molar-refractivity contribution is -0.192. The number of ether oxygens (including phenoxy) is 1. The Balaban J connectivity index is 0.000000396. The van der Waals surface area contributed by atoms with Crippen LogP contribution in [0.2, 0.25) is 0 Å². The Bertz CT molecular complexity index is 815. The van der Waals surface area contributed by atoms with Gasteiger partial charge >= 0.3 is 12.1 Å². The number of benzene rings is 1. The Hall–Kier alpha value is -2.58. The molecule has 0 radical (unpaired) electrons. The standard InChI is InChI=1S/C19H25FN2O.C2HF3O2/c1-2-7-17-12-19(22(21-17)13-15-8-3-4-9-15)23-14-16-10-5-6-11-18(16)20;3-2(4,5)1(6)7/h5-6,10-12,15H,2-4,7-9,13-14H2,1H3;(H,6,7). The van der Waals surface area contributed by atoms with Crippen molar-refractivity contribution in [2.75, 3.05) is 0 Å². The molecular weight excluding hydrogens is 404 g/mol. The molecule has 1 fully saturated rings. The van der Waals surface area contributed by atoms with E-state index in [2.05, 4.69) is 6.92 Å². The molecule has 1 aromatic heterocycles. The van der Waals surface area contributed by atoms with E-state index < -0.39 is 12.1 Å². The van der Waals surface area contributed by atoms with Gasteiger partial charge in [-0.1, -0.05) is 44.4 Å². The Morgan fingerprint density at radius 2 is 1.90 bits per heavy atom. The van der Waals surface area contributed by atoms with Crippen LogP contribution < -0.4 is 4.74 Å². The predicted octanol–water partition coefficient (Wildman–Crippen LogP) is 5.38. The first kappa shape index (κ1) is 23.7. The zero-order valence-electron chi connectivity index (χ0n) is 16.8. The minimum atomic E-state index is -5.08. The zero-order valence-corrected chi connectivity index (χ0v) is 16.8. The molecule has 3 rings (SSSR count). The third-order valence-electron chi connectivity index (χ3n) is 4.78. The van der Waals surface area contributed by atoms with Crippen molar-refractivity contribution in [3.05, 3.63) is 47.4 Å². The number of carbonyl (C=O) groups is 1. The molecule has 0 atom stereocenters. The van der Waals surface area contributed by atoms with Crippen LogP contribution in [0.25, 0.3) is 0 Å². The molecule has 30 heavy (non-hydrogen) atoms. The maximum Gasteiger partial charge on any atom is 0.490 e. The van der Waals surface area contributed by atoms with E-state index in [-0.39, 0.29) is 12.4 Å². The quantitative estimate of drug-likeness (QED) is 0.600. The topological polar surface area (TPSA) is 64.4 Å². The monoisotopic (exact) mass is 430 g/mol. The number of hydrogen-bond donors (Lipinski definition) is 1. The van der Waals surface area contributed by atoms with Crippen LogP contribution in [-0.4, -0.2) is 27.0 Å². The van der Waals surface area contributed by atoms with Crippen molar-refractivity contribution in [2.45, 2.75) is 64.8 Å². The van der Waals surface area contributed by atoms with Crippen LogP contribution in [0.4, 0.5) is 17.6 Å². The van der Waals surface area contributed by atoms with Gasteiger partial charge in [-0.25, -0.2) is 13.9 Å². The van der Waals surface area contributed by atoms with Crippen molar-refractivity contribution in [1.82, 2.24) is 9.78 Å². The van der Waals surface area contributed by atoms with Gasteiger partial charge in [-0.15, -0.1) is 0 Å². The van der Waals surface area contributed by atoms with E-state index in [1.165, 1.54) is 31.7 Å². The minimum absolute atomic E-state index is 0.219. The van der Waals surface area contributed by atoms with Gasteiger partial charge in [0.25, 0.3) is 0 Å². The van der Waals surface area contributed by atoms with E-state index in [0.717, 1.165) is 31.0 Å². The Kier molecular flexibility index (Phi) is 8.68. The molecule has 2 aromatic rings. The number of aliphatic carboxylic acids is 1. The van der Waals surface area contributed by atoms with Crippen LogP contribution >= 0.6 is 0 Å². The Morgan fingerprint density at radius 1 is 1.27 bits per heavy atom. The molecular formula is C21H26F4N2O3. The van der Waals surface area contributed by atoms with Crippen LogP contribution in [0.5, 0.6) is 5.88 Å². The summed E-state index contributed by atoms with van der Waals surface area (Å²) in [6.07, 6.45) is 2.12. The molecule has 0 unspecified atom stereocenters. The van der Waals surface area contributed by atoms with Gasteiger partial charge in [0.1, 0.15) is 12.4 Å². The highest BCUT2D eigenvalue weighted by Gasteiger charge is 2.38. The van der Waals surface area contributed by atoms with Crippen LogP contribution in [0.3, 0.4) is 0 Å². The summed E-state index contributed by atoms with van der Waals surface area (Å²) in [5, 5.41) is 11.8. The molecule has 0 saturated heterocycles. The first-order valence-electron chi connectivity index (χ1n) is 9.93. The summed E-state index contributed by atoms with van der Waals surface area (Å²) in [5.74, 6) is -1.51. The fourth-order valence-electron chi connectivity index (χ4n) is 3.28. The van der Waals surface area contributed by atoms with E-state index in [0.29, 0.717) is 11.5 Å². The summed E-state index contributed by atoms with van der Waals surface area (Å²) >= 11 is 0. The number of nitrogens with zero attached hydrogens (tertiary/aromatic N) is 2. The summed E-state index contributed by atoms with van der Waals surface area (Å²) in [5.41, 5.74) is 1.65. The fraction of sp³-hybridized carbons (Fsp3) is 0.524. The number of alkyl halides is 3. The third kappa shape index (κ3) is 7.35. The van der Waals surface area contributed by atoms with Crippen molar-refractivity contribution in [3.8, 4) is 5.88 Å². The second-order valence-electron chi connectivity index (χ2n) is 7.24. The van der Waals surface area contributed by atoms with Gasteiger partial charge in [-0.05, 0) is 31.2 Å². The summed E-state index contributed by atoms with van der Waals surface area (Å²) in [7, 11) is 0. The Labute approximate surface area is 172 Å². The van der Waals surface area contributed by atoms with Crippen molar-refractivity contribution in [3.63, 3.8) is 0 Å². The highest BCUT2D eigenvalue weighted by atomic mass is 19.4. The molecule has 9 heteroatoms. The van der Waals surface area contributed by atoms with Gasteiger partial charge in [-0.3, -0.25) is 0 Å². The molecule has 1 aromatic carbocycles. The van der Waals surface area contributed by atoms with Crippen molar-refractivity contribution in [1.29, 1.82) is 0 Å². The number of halogens is 4. The zero-order chi connectivity index (χ0) is 22.1. The molecule has 0 spiro atoms. The number of aromatic nitrogens is 2. The molecule has 0 amide bonds. The summed E-state index contributed by atoms with van der Waals surface area (Å²) in [6.45, 7) is 3.31. The molecule has 1 saturated carbocycles. The van der Waals surface area contributed by atoms with E-state index in [4.69, 9.17) is 19.7 Å². The lowest BCUT2D eigenvalue weighted by Crippen LogP contribution is -2.21. The van der Waals surface area contributed by atoms with Gasteiger partial charge in [0, 0.05) is 18.2 Å². The number of aryl methyl sites for hydroxylation is 1. The lowest BCUT2D eigenvalue weighted by Gasteiger charge is -2.13. The fourth-order valence-corrected chi connectivity index (χ4v) is 3.28. The predicted molar refractivity (Wildman–Crippen MR) is 103 cm³/mol. The second-order valence-corrected chi connectivity index (χ2v) is 7.24. The van der Waals surface area contributed by atoms with Crippen LogP contribution in [-0.2, 0) is 24.4 Å². The summed E-state index contributed by atoms with van der Waals surface area (Å²) in [6, 6.07) is 8.78. The van der Waals surface area contributed by atoms with Crippen molar-refractivity contribution in [2.24, 2.45) is 5.92 Å². The van der Waals surface area contributed by atoms with E-state index in [1.807, 2.05) is 16.8 Å². The van der Waals surface area contributed by atoms with Gasteiger partial charge in [0.2, 0.25) is 5.88 Å². The molecule has 0 bridgehead atoms. The normalized spacial score (nSPS) is 14.3. The number of rotatable bonds is 7. The van der Waals surface area contributed by atoms with Crippen molar-refractivity contribution >= 4 is 5.97 Å². The smallest absolute Gasteiger partial charge is 0.475 e. The Morgan fingerprint density at radius 3 is 2.47 bits per heavy atom. The maximum atomic E-state index is 13.7. The van der Waals surface area contributed by atoms with Gasteiger partial charge in [0.05, 0.1) is 5.69 Å². The average molecular weight is 430 g/mol. The lowest BCUT2D eigenvalue weighted by atomic mass is 10.1. The summed E-state index contributed by atoms with van der Waals surface area (Å²) in [4.78, 5) is 8.90. The van der Waals surface area contributed by atoms with Gasteiger partial charge in [-0.2, -0.15) is 18.3 Å². The minimum Gasteiger partial charge on any atom is -0.475 e. The number of carboxylic acid groups (broad SMARTS) is 1. The number of hydrogen-bond acceptors (Lipinski definition) is 3. The number of carboxylic acids is 1. The first-order valence-corrected chi connectivity index (χ1v) is 9.93. The second kappa shape index (κ2) is 11.0. The molecule has 1 N–H and O–H groups in total.